The number of benzene rings is 3. The molecule has 2 bridgehead atoms. The highest BCUT2D eigenvalue weighted by molar-refractivity contribution is 5.97. The summed E-state index contributed by atoms with van der Waals surface area (Å²) in [6, 6.07) is 27.1. The van der Waals surface area contributed by atoms with Gasteiger partial charge in [-0.05, 0) is 54.8 Å². The Bertz CT molecular complexity index is 1270. The van der Waals surface area contributed by atoms with Gasteiger partial charge in [-0.15, -0.1) is 0 Å². The summed E-state index contributed by atoms with van der Waals surface area (Å²) in [7, 11) is 0. The fourth-order valence-electron chi connectivity index (χ4n) is 6.65. The Labute approximate surface area is 247 Å². The molecule has 4 saturated heterocycles. The van der Waals surface area contributed by atoms with Gasteiger partial charge >= 0.3 is 5.97 Å². The molecule has 4 fully saturated rings. The topological polar surface area (TPSA) is 58.6 Å². The second kappa shape index (κ2) is 12.6. The summed E-state index contributed by atoms with van der Waals surface area (Å²) in [4.78, 5) is 29.4. The third-order valence-corrected chi connectivity index (χ3v) is 8.90. The molecule has 2 atom stereocenters. The van der Waals surface area contributed by atoms with Crippen molar-refractivity contribution in [2.75, 3.05) is 49.5 Å². The lowest BCUT2D eigenvalue weighted by atomic mass is 9.82. The van der Waals surface area contributed by atoms with Crippen LogP contribution in [-0.4, -0.2) is 61.6 Å². The molecule has 0 spiro atoms. The van der Waals surface area contributed by atoms with Crippen molar-refractivity contribution in [2.45, 2.75) is 37.8 Å². The third-order valence-electron chi connectivity index (χ3n) is 8.90. The van der Waals surface area contributed by atoms with E-state index < -0.39 is 6.04 Å². The molecule has 0 aromatic heterocycles. The predicted octanol–water partition coefficient (Wildman–Crippen LogP) is 2.48. The number of hydrogen-bond donors (Lipinski definition) is 1. The Morgan fingerprint density at radius 2 is 1.50 bits per heavy atom. The van der Waals surface area contributed by atoms with Gasteiger partial charge in [0.15, 0.2) is 12.1 Å². The maximum Gasteiger partial charge on any atom is 0.333 e. The second-order valence-electron chi connectivity index (χ2n) is 11.5. The number of halogens is 1. The van der Waals surface area contributed by atoms with E-state index in [4.69, 9.17) is 4.74 Å². The van der Waals surface area contributed by atoms with Gasteiger partial charge in [0.1, 0.15) is 13.1 Å². The molecule has 0 saturated carbocycles. The SMILES string of the molecule is O=C(C[N+]12CCC(CC1)[C@@H](OC(=O)[C@H](Nc1ccccc1)c1ccccc1)C2)c1ccc(N2CCCC2)cc1.[Br-]. The van der Waals surface area contributed by atoms with Crippen molar-refractivity contribution in [3.63, 3.8) is 0 Å². The van der Waals surface area contributed by atoms with Crippen molar-refractivity contribution < 1.29 is 35.8 Å². The van der Waals surface area contributed by atoms with Crippen LogP contribution < -0.4 is 27.2 Å². The number of ether oxygens (including phenoxy) is 1. The molecule has 7 rings (SSSR count). The molecule has 0 amide bonds. The van der Waals surface area contributed by atoms with E-state index in [1.165, 1.54) is 18.5 Å². The Morgan fingerprint density at radius 3 is 2.15 bits per heavy atom. The molecular formula is C33H38BrN3O3. The smallest absolute Gasteiger partial charge is 0.333 e. The molecule has 7 heteroatoms. The molecule has 3 aromatic rings. The van der Waals surface area contributed by atoms with Crippen LogP contribution in [0.2, 0.25) is 0 Å². The molecule has 0 radical (unpaired) electrons. The normalized spacial score (nSPS) is 24.1. The summed E-state index contributed by atoms with van der Waals surface area (Å²) >= 11 is 0. The molecular weight excluding hydrogens is 566 g/mol. The lowest BCUT2D eigenvalue weighted by Crippen LogP contribution is -3.00. The number of carbonyl (C=O) groups excluding carboxylic acids is 2. The van der Waals surface area contributed by atoms with Crippen molar-refractivity contribution in [3.8, 4) is 0 Å². The van der Waals surface area contributed by atoms with Crippen LogP contribution in [0.5, 0.6) is 0 Å². The zero-order valence-electron chi connectivity index (χ0n) is 22.9. The number of carbonyl (C=O) groups is 2. The van der Waals surface area contributed by atoms with Gasteiger partial charge in [-0.3, -0.25) is 4.79 Å². The van der Waals surface area contributed by atoms with Gasteiger partial charge in [0, 0.05) is 48.8 Å². The van der Waals surface area contributed by atoms with E-state index in [1.807, 2.05) is 72.8 Å². The highest BCUT2D eigenvalue weighted by Crippen LogP contribution is 2.37. The van der Waals surface area contributed by atoms with Crippen LogP contribution in [0.15, 0.2) is 84.9 Å². The van der Waals surface area contributed by atoms with Gasteiger partial charge in [-0.25, -0.2) is 4.79 Å². The summed E-state index contributed by atoms with van der Waals surface area (Å²) in [5.74, 6) is 0.282. The minimum atomic E-state index is -0.590. The van der Waals surface area contributed by atoms with Crippen LogP contribution in [0.25, 0.3) is 0 Å². The number of para-hydroxylation sites is 1. The zero-order chi connectivity index (χ0) is 26.7. The van der Waals surface area contributed by atoms with Gasteiger partial charge < -0.3 is 36.4 Å². The minimum Gasteiger partial charge on any atom is -1.00 e. The number of quaternary nitrogens is 1. The van der Waals surface area contributed by atoms with Crippen molar-refractivity contribution in [1.29, 1.82) is 0 Å². The first-order chi connectivity index (χ1) is 19.1. The summed E-state index contributed by atoms with van der Waals surface area (Å²) < 4.78 is 6.98. The summed E-state index contributed by atoms with van der Waals surface area (Å²) in [6.45, 7) is 5.32. The first-order valence-corrected chi connectivity index (χ1v) is 14.4. The van der Waals surface area contributed by atoms with Gasteiger partial charge in [-0.2, -0.15) is 0 Å². The molecule has 4 aliphatic rings. The van der Waals surface area contributed by atoms with E-state index in [0.29, 0.717) is 23.5 Å². The molecule has 3 aromatic carbocycles. The first-order valence-electron chi connectivity index (χ1n) is 14.4. The van der Waals surface area contributed by atoms with Crippen LogP contribution in [0.1, 0.15) is 47.6 Å². The summed E-state index contributed by atoms with van der Waals surface area (Å²) in [5.41, 5.74) is 3.74. The van der Waals surface area contributed by atoms with Crippen molar-refractivity contribution in [3.05, 3.63) is 96.1 Å². The monoisotopic (exact) mass is 603 g/mol. The zero-order valence-corrected chi connectivity index (χ0v) is 24.5. The van der Waals surface area contributed by atoms with Gasteiger partial charge in [0.2, 0.25) is 5.78 Å². The fraction of sp³-hybridized carbons (Fsp3) is 0.394. The lowest BCUT2D eigenvalue weighted by molar-refractivity contribution is -0.938. The van der Waals surface area contributed by atoms with Crippen molar-refractivity contribution >= 4 is 23.1 Å². The second-order valence-corrected chi connectivity index (χ2v) is 11.5. The average Bonchev–Trinajstić information content (AvgIpc) is 3.53. The average molecular weight is 605 g/mol. The lowest BCUT2D eigenvalue weighted by Gasteiger charge is -2.51. The quantitative estimate of drug-likeness (QED) is 0.231. The third kappa shape index (κ3) is 6.26. The standard InChI is InChI=1S/C33H38N3O3.BrH/c37-30(25-13-15-29(16-14-25)35-19-7-8-20-35)23-36-21-17-26(18-22-36)31(24-36)39-33(38)32(27-9-3-1-4-10-27)34-28-11-5-2-6-12-28;/h1-6,9-16,26,31-32,34H,7-8,17-24H2;1H/q+1;/p-1/t26?,31-,32+,36?;/m0./s1. The van der Waals surface area contributed by atoms with Crippen LogP contribution in [0, 0.1) is 5.92 Å². The number of rotatable bonds is 9. The largest absolute Gasteiger partial charge is 1.00 e. The Hall–Kier alpha value is -3.16. The number of esters is 1. The molecule has 1 N–H and O–H groups in total. The van der Waals surface area contributed by atoms with Crippen molar-refractivity contribution in [1.82, 2.24) is 0 Å². The van der Waals surface area contributed by atoms with Gasteiger partial charge in [-0.1, -0.05) is 48.5 Å². The van der Waals surface area contributed by atoms with E-state index in [-0.39, 0.29) is 34.8 Å². The predicted molar refractivity (Wildman–Crippen MR) is 154 cm³/mol. The Morgan fingerprint density at radius 1 is 0.875 bits per heavy atom. The van der Waals surface area contributed by atoms with Crippen LogP contribution >= 0.6 is 0 Å². The van der Waals surface area contributed by atoms with E-state index >= 15 is 0 Å². The van der Waals surface area contributed by atoms with E-state index in [1.54, 1.807) is 0 Å². The number of anilines is 2. The van der Waals surface area contributed by atoms with Crippen molar-refractivity contribution in [2.24, 2.45) is 5.92 Å². The van der Waals surface area contributed by atoms with E-state index in [2.05, 4.69) is 22.3 Å². The number of hydrogen-bond acceptors (Lipinski definition) is 5. The van der Waals surface area contributed by atoms with Gasteiger partial charge in [0.05, 0.1) is 13.1 Å². The highest BCUT2D eigenvalue weighted by atomic mass is 79.9. The number of nitrogens with zero attached hydrogens (tertiary/aromatic N) is 2. The maximum absolute atomic E-state index is 13.6. The van der Waals surface area contributed by atoms with E-state index in [0.717, 1.165) is 55.8 Å². The van der Waals surface area contributed by atoms with E-state index in [9.17, 15) is 9.59 Å². The Kier molecular flexibility index (Phi) is 8.91. The van der Waals surface area contributed by atoms with Crippen LogP contribution in [0.3, 0.4) is 0 Å². The molecule has 4 heterocycles. The number of Topliss-reactive ketones (excluding diaryl/α,β-unsaturated/α-hetero) is 1. The molecule has 0 unspecified atom stereocenters. The Balaban J connectivity index is 0.00000323. The number of nitrogens with one attached hydrogen (secondary N) is 1. The van der Waals surface area contributed by atoms with Crippen LogP contribution in [0.4, 0.5) is 11.4 Å². The molecule has 210 valence electrons. The summed E-state index contributed by atoms with van der Waals surface area (Å²) in [6.07, 6.45) is 4.28. The fourth-order valence-corrected chi connectivity index (χ4v) is 6.65. The molecule has 40 heavy (non-hydrogen) atoms. The minimum absolute atomic E-state index is 0. The number of fused-ring (bicyclic) bond motifs is 3. The number of piperidine rings is 3. The van der Waals surface area contributed by atoms with Gasteiger partial charge in [0.25, 0.3) is 0 Å². The highest BCUT2D eigenvalue weighted by Gasteiger charge is 2.49. The molecule has 0 aliphatic carbocycles. The van der Waals surface area contributed by atoms with Crippen LogP contribution in [-0.2, 0) is 9.53 Å². The first kappa shape index (κ1) is 28.4. The molecule has 6 nitrogen and oxygen atoms in total. The summed E-state index contributed by atoms with van der Waals surface area (Å²) in [5, 5.41) is 3.38. The number of ketones is 1. The maximum atomic E-state index is 13.6. The molecule has 4 aliphatic heterocycles.